The van der Waals surface area contributed by atoms with Crippen LogP contribution in [0.1, 0.15) is 42.0 Å². The Morgan fingerprint density at radius 2 is 1.83 bits per heavy atom. The molecular weight excluding hydrogens is 438 g/mol. The maximum Gasteiger partial charge on any atom is 0.284 e. The highest BCUT2D eigenvalue weighted by Crippen LogP contribution is 2.49. The van der Waals surface area contributed by atoms with Gasteiger partial charge in [0.25, 0.3) is 5.91 Å². The number of carbonyl (C=O) groups is 1. The van der Waals surface area contributed by atoms with Crippen LogP contribution in [0.3, 0.4) is 0 Å². The van der Waals surface area contributed by atoms with Crippen LogP contribution in [-0.2, 0) is 4.79 Å². The summed E-state index contributed by atoms with van der Waals surface area (Å²) in [7, 11) is 0. The van der Waals surface area contributed by atoms with E-state index >= 15 is 0 Å². The molecule has 0 aromatic heterocycles. The van der Waals surface area contributed by atoms with E-state index in [0.29, 0.717) is 23.3 Å². The Hall–Kier alpha value is -4.06. The van der Waals surface area contributed by atoms with Crippen LogP contribution < -0.4 is 20.2 Å². The van der Waals surface area contributed by atoms with Crippen molar-refractivity contribution in [3.05, 3.63) is 102 Å². The summed E-state index contributed by atoms with van der Waals surface area (Å²) in [5, 5.41) is 8.14. The predicted molar refractivity (Wildman–Crippen MR) is 136 cm³/mol. The number of amides is 1. The molecular formula is C29H27N3O3. The molecule has 6 rings (SSSR count). The molecule has 1 aliphatic carbocycles. The highest BCUT2D eigenvalue weighted by molar-refractivity contribution is 6.00. The van der Waals surface area contributed by atoms with Crippen molar-refractivity contribution in [2.75, 3.05) is 11.9 Å². The molecule has 3 aromatic rings. The number of fused-ring (bicyclic) bond motifs is 4. The zero-order valence-corrected chi connectivity index (χ0v) is 19.5. The Kier molecular flexibility index (Phi) is 5.49. The van der Waals surface area contributed by atoms with Crippen LogP contribution >= 0.6 is 0 Å². The number of rotatable bonds is 4. The van der Waals surface area contributed by atoms with Crippen LogP contribution in [0.5, 0.6) is 11.5 Å². The molecule has 3 aliphatic rings. The summed E-state index contributed by atoms with van der Waals surface area (Å²) in [4.78, 5) is 12.7. The van der Waals surface area contributed by atoms with E-state index in [1.54, 1.807) is 6.07 Å². The van der Waals surface area contributed by atoms with Gasteiger partial charge in [0.1, 0.15) is 6.61 Å². The minimum Gasteiger partial charge on any atom is -0.485 e. The predicted octanol–water partition coefficient (Wildman–Crippen LogP) is 5.19. The number of hydrogen-bond acceptors (Lipinski definition) is 5. The number of carbonyl (C=O) groups excluding carboxylic acids is 1. The molecule has 0 bridgehead atoms. The van der Waals surface area contributed by atoms with Crippen molar-refractivity contribution in [2.24, 2.45) is 11.0 Å². The highest BCUT2D eigenvalue weighted by atomic mass is 16.6. The average molecular weight is 466 g/mol. The first-order valence-corrected chi connectivity index (χ1v) is 12.0. The molecule has 0 spiro atoms. The molecule has 2 N–H and O–H groups in total. The summed E-state index contributed by atoms with van der Waals surface area (Å²) < 4.78 is 11.4. The smallest absolute Gasteiger partial charge is 0.284 e. The fourth-order valence-electron chi connectivity index (χ4n) is 5.23. The molecule has 0 unspecified atom stereocenters. The monoisotopic (exact) mass is 465 g/mol. The van der Waals surface area contributed by atoms with Crippen molar-refractivity contribution in [3.63, 3.8) is 0 Å². The summed E-state index contributed by atoms with van der Waals surface area (Å²) in [6.45, 7) is 2.06. The lowest BCUT2D eigenvalue weighted by Gasteiger charge is -2.37. The van der Waals surface area contributed by atoms with Gasteiger partial charge in [0.15, 0.2) is 11.5 Å². The van der Waals surface area contributed by atoms with E-state index in [1.807, 2.05) is 31.2 Å². The van der Waals surface area contributed by atoms with Gasteiger partial charge in [-0.25, -0.2) is 5.43 Å². The van der Waals surface area contributed by atoms with E-state index in [9.17, 15) is 4.79 Å². The number of nitrogens with one attached hydrogen (secondary N) is 2. The Morgan fingerprint density at radius 3 is 2.69 bits per heavy atom. The number of allylic oxidation sites excluding steroid dienone is 2. The first kappa shape index (κ1) is 21.5. The molecule has 6 nitrogen and oxygen atoms in total. The topological polar surface area (TPSA) is 72.0 Å². The van der Waals surface area contributed by atoms with Crippen LogP contribution in [0.25, 0.3) is 0 Å². The number of hydrogen-bond donors (Lipinski definition) is 2. The van der Waals surface area contributed by atoms with Gasteiger partial charge in [-0.05, 0) is 60.2 Å². The lowest BCUT2D eigenvalue weighted by Crippen LogP contribution is -2.42. The molecule has 6 heteroatoms. The molecule has 1 amide bonds. The molecule has 35 heavy (non-hydrogen) atoms. The molecule has 0 radical (unpaired) electrons. The Balaban J connectivity index is 1.19. The zero-order valence-electron chi connectivity index (χ0n) is 19.5. The normalized spacial score (nSPS) is 24.2. The number of ether oxygens (including phenoxy) is 2. The van der Waals surface area contributed by atoms with Gasteiger partial charge in [-0.15, -0.1) is 0 Å². The standard InChI is InChI=1S/C29H27N3O3/c1-18(31-32-29(33)27-17-34-25-12-5-6-13-26(25)35-27)20-14-15-24-23(16-20)21-10-7-11-22(21)28(30-24)19-8-3-2-4-9-19/h2-10,12-16,21-22,27-28,30H,11,17H2,1H3,(H,32,33)/b31-18-/t21-,22+,27-,28+/m1/s1. The van der Waals surface area contributed by atoms with Crippen molar-refractivity contribution in [1.82, 2.24) is 5.43 Å². The van der Waals surface area contributed by atoms with Gasteiger partial charge >= 0.3 is 0 Å². The molecule has 176 valence electrons. The second kappa shape index (κ2) is 8.95. The molecule has 3 aromatic carbocycles. The molecule has 0 saturated heterocycles. The van der Waals surface area contributed by atoms with E-state index in [-0.39, 0.29) is 18.6 Å². The molecule has 2 aliphatic heterocycles. The maximum atomic E-state index is 12.7. The Bertz CT molecular complexity index is 1320. The van der Waals surface area contributed by atoms with Gasteiger partial charge in [-0.3, -0.25) is 4.79 Å². The number of nitrogens with zero attached hydrogens (tertiary/aromatic N) is 1. The van der Waals surface area contributed by atoms with E-state index in [2.05, 4.69) is 70.5 Å². The van der Waals surface area contributed by atoms with Crippen molar-refractivity contribution >= 4 is 17.3 Å². The fourth-order valence-corrected chi connectivity index (χ4v) is 5.23. The summed E-state index contributed by atoms with van der Waals surface area (Å²) in [6, 6.07) is 24.6. The van der Waals surface area contributed by atoms with Crippen LogP contribution in [0.15, 0.2) is 90.0 Å². The van der Waals surface area contributed by atoms with Crippen LogP contribution in [0.2, 0.25) is 0 Å². The van der Waals surface area contributed by atoms with E-state index in [4.69, 9.17) is 9.47 Å². The SMILES string of the molecule is C/C(=N/NC(=O)[C@H]1COc2ccccc2O1)c1ccc2c(c1)[C@@H]1C=CC[C@@H]1[C@H](c1ccccc1)N2. The largest absolute Gasteiger partial charge is 0.485 e. The Labute approximate surface area is 204 Å². The van der Waals surface area contributed by atoms with Crippen LogP contribution in [-0.4, -0.2) is 24.3 Å². The first-order chi connectivity index (χ1) is 17.2. The average Bonchev–Trinajstić information content (AvgIpc) is 3.41. The van der Waals surface area contributed by atoms with Gasteiger partial charge < -0.3 is 14.8 Å². The lowest BCUT2D eigenvalue weighted by molar-refractivity contribution is -0.130. The third-order valence-electron chi connectivity index (χ3n) is 7.07. The third kappa shape index (κ3) is 4.05. The summed E-state index contributed by atoms with van der Waals surface area (Å²) in [6.07, 6.45) is 4.93. The van der Waals surface area contributed by atoms with Gasteiger partial charge in [-0.2, -0.15) is 5.10 Å². The summed E-state index contributed by atoms with van der Waals surface area (Å²) in [5.74, 6) is 1.71. The van der Waals surface area contributed by atoms with Crippen LogP contribution in [0, 0.1) is 5.92 Å². The maximum absolute atomic E-state index is 12.7. The van der Waals surface area contributed by atoms with Gasteiger partial charge in [-0.1, -0.05) is 60.7 Å². The third-order valence-corrected chi connectivity index (χ3v) is 7.07. The number of hydrazone groups is 1. The summed E-state index contributed by atoms with van der Waals surface area (Å²) in [5.41, 5.74) is 8.11. The minimum absolute atomic E-state index is 0.153. The highest BCUT2D eigenvalue weighted by Gasteiger charge is 2.38. The van der Waals surface area contributed by atoms with Crippen molar-refractivity contribution in [1.29, 1.82) is 0 Å². The van der Waals surface area contributed by atoms with Gasteiger partial charge in [0.05, 0.1) is 11.8 Å². The van der Waals surface area contributed by atoms with Crippen molar-refractivity contribution in [2.45, 2.75) is 31.4 Å². The fraction of sp³-hybridized carbons (Fsp3) is 0.241. The Morgan fingerprint density at radius 1 is 1.03 bits per heavy atom. The van der Waals surface area contributed by atoms with Gasteiger partial charge in [0, 0.05) is 11.6 Å². The van der Waals surface area contributed by atoms with E-state index in [1.165, 1.54) is 11.1 Å². The number of para-hydroxylation sites is 2. The van der Waals surface area contributed by atoms with Crippen molar-refractivity contribution in [3.8, 4) is 11.5 Å². The van der Waals surface area contributed by atoms with Crippen LogP contribution in [0.4, 0.5) is 5.69 Å². The number of anilines is 1. The van der Waals surface area contributed by atoms with E-state index in [0.717, 1.165) is 23.4 Å². The molecule has 4 atom stereocenters. The zero-order chi connectivity index (χ0) is 23.8. The second-order valence-electron chi connectivity index (χ2n) is 9.23. The molecule has 0 saturated carbocycles. The molecule has 0 fully saturated rings. The quantitative estimate of drug-likeness (QED) is 0.316. The second-order valence-corrected chi connectivity index (χ2v) is 9.23. The van der Waals surface area contributed by atoms with E-state index < -0.39 is 6.10 Å². The minimum atomic E-state index is -0.742. The summed E-state index contributed by atoms with van der Waals surface area (Å²) >= 11 is 0. The molecule has 2 heterocycles. The lowest BCUT2D eigenvalue weighted by atomic mass is 9.76. The van der Waals surface area contributed by atoms with Crippen molar-refractivity contribution < 1.29 is 14.3 Å². The van der Waals surface area contributed by atoms with Gasteiger partial charge in [0.2, 0.25) is 6.10 Å². The first-order valence-electron chi connectivity index (χ1n) is 12.0. The number of benzene rings is 3.